The molecule has 1 aromatic heterocycles. The second-order valence-corrected chi connectivity index (χ2v) is 8.46. The van der Waals surface area contributed by atoms with Crippen molar-refractivity contribution in [1.29, 1.82) is 0 Å². The maximum absolute atomic E-state index is 10.5. The molecule has 2 heterocycles. The van der Waals surface area contributed by atoms with Gasteiger partial charge in [-0.2, -0.15) is 0 Å². The third kappa shape index (κ3) is 5.15. The molecule has 0 radical (unpaired) electrons. The molecule has 1 fully saturated rings. The number of rotatable bonds is 8. The van der Waals surface area contributed by atoms with Gasteiger partial charge < -0.3 is 24.5 Å². The van der Waals surface area contributed by atoms with E-state index in [0.717, 1.165) is 60.6 Å². The fourth-order valence-corrected chi connectivity index (χ4v) is 4.19. The summed E-state index contributed by atoms with van der Waals surface area (Å²) in [6.45, 7) is 7.82. The first kappa shape index (κ1) is 20.8. The van der Waals surface area contributed by atoms with E-state index in [1.165, 1.54) is 5.56 Å². The van der Waals surface area contributed by atoms with E-state index >= 15 is 0 Å². The molecule has 30 heavy (non-hydrogen) atoms. The summed E-state index contributed by atoms with van der Waals surface area (Å²) in [7, 11) is 0. The number of hydrogen-bond donors (Lipinski definition) is 2. The summed E-state index contributed by atoms with van der Waals surface area (Å²) >= 11 is 0. The Morgan fingerprint density at radius 1 is 1.03 bits per heavy atom. The zero-order valence-electron chi connectivity index (χ0n) is 17.9. The largest absolute Gasteiger partial charge is 0.493 e. The normalized spacial score (nSPS) is 16.6. The SMILES string of the molecule is Cc1cc2c(OCC(O)CN3CCC(COc4ccccc4C)CC3)cccc2[nH]1. The first-order valence-electron chi connectivity index (χ1n) is 10.9. The number of likely N-dealkylation sites (tertiary alicyclic amines) is 1. The molecule has 0 bridgehead atoms. The number of β-amino-alcohol motifs (C(OH)–C–C–N with tert-alkyl or cyclic N) is 1. The van der Waals surface area contributed by atoms with Gasteiger partial charge in [0, 0.05) is 23.1 Å². The number of fused-ring (bicyclic) bond motifs is 1. The first-order chi connectivity index (χ1) is 14.6. The highest BCUT2D eigenvalue weighted by atomic mass is 16.5. The Labute approximate surface area is 178 Å². The highest BCUT2D eigenvalue weighted by Gasteiger charge is 2.22. The first-order valence-corrected chi connectivity index (χ1v) is 10.9. The van der Waals surface area contributed by atoms with Crippen LogP contribution in [0.15, 0.2) is 48.5 Å². The molecule has 2 aromatic carbocycles. The number of ether oxygens (including phenoxy) is 2. The van der Waals surface area contributed by atoms with Gasteiger partial charge in [0.2, 0.25) is 0 Å². The highest BCUT2D eigenvalue weighted by Crippen LogP contribution is 2.26. The van der Waals surface area contributed by atoms with E-state index < -0.39 is 6.10 Å². The smallest absolute Gasteiger partial charge is 0.128 e. The monoisotopic (exact) mass is 408 g/mol. The predicted octanol–water partition coefficient (Wildman–Crippen LogP) is 4.32. The number of piperidine rings is 1. The van der Waals surface area contributed by atoms with Crippen LogP contribution in [0.1, 0.15) is 24.1 Å². The zero-order chi connectivity index (χ0) is 20.9. The van der Waals surface area contributed by atoms with Crippen molar-refractivity contribution in [3.63, 3.8) is 0 Å². The van der Waals surface area contributed by atoms with Gasteiger partial charge in [0.05, 0.1) is 6.61 Å². The Kier molecular flexibility index (Phi) is 6.60. The predicted molar refractivity (Wildman–Crippen MR) is 120 cm³/mol. The van der Waals surface area contributed by atoms with E-state index in [1.807, 2.05) is 43.3 Å². The number of aliphatic hydroxyl groups excluding tert-OH is 1. The van der Waals surface area contributed by atoms with E-state index in [-0.39, 0.29) is 0 Å². The summed E-state index contributed by atoms with van der Waals surface area (Å²) in [6.07, 6.45) is 1.70. The van der Waals surface area contributed by atoms with Crippen molar-refractivity contribution < 1.29 is 14.6 Å². The summed E-state index contributed by atoms with van der Waals surface area (Å²) in [4.78, 5) is 5.65. The van der Waals surface area contributed by atoms with E-state index in [2.05, 4.69) is 28.9 Å². The van der Waals surface area contributed by atoms with Crippen LogP contribution in [0.5, 0.6) is 11.5 Å². The third-order valence-corrected chi connectivity index (χ3v) is 5.93. The number of para-hydroxylation sites is 1. The molecule has 0 spiro atoms. The molecule has 0 saturated carbocycles. The van der Waals surface area contributed by atoms with Crippen LogP contribution in [0, 0.1) is 19.8 Å². The minimum atomic E-state index is -0.500. The number of benzene rings is 2. The summed E-state index contributed by atoms with van der Waals surface area (Å²) in [5, 5.41) is 11.6. The van der Waals surface area contributed by atoms with Gasteiger partial charge in [-0.3, -0.25) is 0 Å². The Balaban J connectivity index is 1.20. The number of hydrogen-bond acceptors (Lipinski definition) is 4. The molecular weight excluding hydrogens is 376 g/mol. The van der Waals surface area contributed by atoms with Crippen molar-refractivity contribution in [2.45, 2.75) is 32.8 Å². The number of nitrogens with zero attached hydrogens (tertiary/aromatic N) is 1. The molecular formula is C25H32N2O3. The average Bonchev–Trinajstić information content (AvgIpc) is 3.13. The summed E-state index contributed by atoms with van der Waals surface area (Å²) < 4.78 is 12.0. The standard InChI is InChI=1S/C25H32N2O3/c1-18-6-3-4-8-24(18)29-16-20-10-12-27(13-11-20)15-21(28)17-30-25-9-5-7-23-22(25)14-19(2)26-23/h3-9,14,20-21,26,28H,10-13,15-17H2,1-2H3. The van der Waals surface area contributed by atoms with Crippen LogP contribution in [-0.4, -0.2) is 53.9 Å². The Morgan fingerprint density at radius 2 is 1.80 bits per heavy atom. The Bertz CT molecular complexity index is 960. The van der Waals surface area contributed by atoms with E-state index in [9.17, 15) is 5.11 Å². The lowest BCUT2D eigenvalue weighted by Gasteiger charge is -2.33. The number of aromatic nitrogens is 1. The van der Waals surface area contributed by atoms with Gasteiger partial charge in [-0.15, -0.1) is 0 Å². The topological polar surface area (TPSA) is 57.7 Å². The fourth-order valence-electron chi connectivity index (χ4n) is 4.19. The molecule has 0 aliphatic carbocycles. The second kappa shape index (κ2) is 9.54. The van der Waals surface area contributed by atoms with Crippen LogP contribution >= 0.6 is 0 Å². The molecule has 1 aliphatic rings. The maximum Gasteiger partial charge on any atom is 0.128 e. The van der Waals surface area contributed by atoms with Gasteiger partial charge in [-0.25, -0.2) is 0 Å². The lowest BCUT2D eigenvalue weighted by Crippen LogP contribution is -2.41. The zero-order valence-corrected chi connectivity index (χ0v) is 17.9. The van der Waals surface area contributed by atoms with Crippen LogP contribution in [0.25, 0.3) is 10.9 Å². The van der Waals surface area contributed by atoms with E-state index in [0.29, 0.717) is 19.1 Å². The molecule has 1 unspecified atom stereocenters. The molecule has 3 aromatic rings. The maximum atomic E-state index is 10.5. The van der Waals surface area contributed by atoms with Crippen LogP contribution in [-0.2, 0) is 0 Å². The van der Waals surface area contributed by atoms with Gasteiger partial charge in [0.25, 0.3) is 0 Å². The van der Waals surface area contributed by atoms with Gasteiger partial charge in [0.15, 0.2) is 0 Å². The summed E-state index contributed by atoms with van der Waals surface area (Å²) in [5.41, 5.74) is 3.36. The van der Waals surface area contributed by atoms with Crippen molar-refractivity contribution in [3.8, 4) is 11.5 Å². The number of H-pyrrole nitrogens is 1. The fraction of sp³-hybridized carbons (Fsp3) is 0.440. The number of aryl methyl sites for hydroxylation is 2. The van der Waals surface area contributed by atoms with Gasteiger partial charge in [-0.1, -0.05) is 24.3 Å². The van der Waals surface area contributed by atoms with Crippen molar-refractivity contribution >= 4 is 10.9 Å². The van der Waals surface area contributed by atoms with Crippen LogP contribution in [0.3, 0.4) is 0 Å². The number of aromatic amines is 1. The highest BCUT2D eigenvalue weighted by molar-refractivity contribution is 5.86. The van der Waals surface area contributed by atoms with Crippen LogP contribution in [0.4, 0.5) is 0 Å². The Hall–Kier alpha value is -2.50. The minimum absolute atomic E-state index is 0.305. The third-order valence-electron chi connectivity index (χ3n) is 5.93. The van der Waals surface area contributed by atoms with Crippen LogP contribution < -0.4 is 9.47 Å². The number of nitrogens with one attached hydrogen (secondary N) is 1. The lowest BCUT2D eigenvalue weighted by molar-refractivity contribution is 0.0507. The average molecular weight is 409 g/mol. The quantitative estimate of drug-likeness (QED) is 0.583. The van der Waals surface area contributed by atoms with E-state index in [1.54, 1.807) is 0 Å². The minimum Gasteiger partial charge on any atom is -0.493 e. The molecule has 4 rings (SSSR count). The molecule has 160 valence electrons. The van der Waals surface area contributed by atoms with Gasteiger partial charge >= 0.3 is 0 Å². The van der Waals surface area contributed by atoms with Crippen molar-refractivity contribution in [2.75, 3.05) is 32.8 Å². The lowest BCUT2D eigenvalue weighted by atomic mass is 9.97. The van der Waals surface area contributed by atoms with Gasteiger partial charge in [-0.05, 0) is 75.5 Å². The van der Waals surface area contributed by atoms with Crippen LogP contribution in [0.2, 0.25) is 0 Å². The van der Waals surface area contributed by atoms with Gasteiger partial charge in [0.1, 0.15) is 24.2 Å². The number of aliphatic hydroxyl groups is 1. The molecule has 1 saturated heterocycles. The summed E-state index contributed by atoms with van der Waals surface area (Å²) in [6, 6.07) is 16.2. The van der Waals surface area contributed by atoms with Crippen molar-refractivity contribution in [2.24, 2.45) is 5.92 Å². The van der Waals surface area contributed by atoms with E-state index in [4.69, 9.17) is 9.47 Å². The molecule has 5 heteroatoms. The van der Waals surface area contributed by atoms with Crippen molar-refractivity contribution in [3.05, 3.63) is 59.8 Å². The van der Waals surface area contributed by atoms with Crippen molar-refractivity contribution in [1.82, 2.24) is 9.88 Å². The molecule has 0 amide bonds. The molecule has 1 atom stereocenters. The Morgan fingerprint density at radius 3 is 2.60 bits per heavy atom. The molecule has 2 N–H and O–H groups in total. The second-order valence-electron chi connectivity index (χ2n) is 8.46. The molecule has 5 nitrogen and oxygen atoms in total. The molecule has 1 aliphatic heterocycles. The summed E-state index contributed by atoms with van der Waals surface area (Å²) in [5.74, 6) is 2.38.